The van der Waals surface area contributed by atoms with Gasteiger partial charge in [0, 0.05) is 5.02 Å². The molecule has 2 nitrogen and oxygen atoms in total. The molecule has 0 spiro atoms. The zero-order chi connectivity index (χ0) is 21.3. The Morgan fingerprint density at radius 1 is 0.613 bits per heavy atom. The molecule has 4 aromatic rings. The summed E-state index contributed by atoms with van der Waals surface area (Å²) < 4.78 is 12.2. The first-order valence-electron chi connectivity index (χ1n) is 10.4. The molecule has 0 aliphatic heterocycles. The number of halogens is 1. The van der Waals surface area contributed by atoms with Crippen molar-refractivity contribution in [3.63, 3.8) is 0 Å². The maximum Gasteiger partial charge on any atom is 0.108 e. The Morgan fingerprint density at radius 3 is 1.84 bits per heavy atom. The van der Waals surface area contributed by atoms with Crippen molar-refractivity contribution < 1.29 is 9.47 Å². The van der Waals surface area contributed by atoms with Crippen LogP contribution in [-0.2, 0) is 16.1 Å². The average molecular weight is 429 g/mol. The molecule has 0 saturated carbocycles. The minimum atomic E-state index is -0.104. The fourth-order valence-corrected chi connectivity index (χ4v) is 3.73. The van der Waals surface area contributed by atoms with E-state index in [4.69, 9.17) is 21.1 Å². The van der Waals surface area contributed by atoms with Crippen molar-refractivity contribution in [2.24, 2.45) is 0 Å². The van der Waals surface area contributed by atoms with Gasteiger partial charge in [-0.15, -0.1) is 0 Å². The predicted molar refractivity (Wildman–Crippen MR) is 127 cm³/mol. The van der Waals surface area contributed by atoms with E-state index in [-0.39, 0.29) is 6.10 Å². The van der Waals surface area contributed by atoms with Gasteiger partial charge in [0.1, 0.15) is 6.10 Å². The van der Waals surface area contributed by atoms with Crippen LogP contribution in [0.15, 0.2) is 109 Å². The predicted octanol–water partition coefficient (Wildman–Crippen LogP) is 7.33. The Morgan fingerprint density at radius 2 is 1.19 bits per heavy atom. The van der Waals surface area contributed by atoms with E-state index in [0.29, 0.717) is 19.8 Å². The van der Waals surface area contributed by atoms with Crippen molar-refractivity contribution in [2.45, 2.75) is 12.7 Å². The molecule has 0 N–H and O–H groups in total. The van der Waals surface area contributed by atoms with Crippen molar-refractivity contribution in [3.8, 4) is 11.1 Å². The van der Waals surface area contributed by atoms with Crippen LogP contribution in [0.5, 0.6) is 0 Å². The molecule has 0 unspecified atom stereocenters. The first-order chi connectivity index (χ1) is 15.3. The molecule has 4 aromatic carbocycles. The van der Waals surface area contributed by atoms with E-state index in [0.717, 1.165) is 32.8 Å². The van der Waals surface area contributed by atoms with E-state index < -0.39 is 0 Å². The molecule has 0 fully saturated rings. The first kappa shape index (κ1) is 21.3. The summed E-state index contributed by atoms with van der Waals surface area (Å²) in [5, 5.41) is 0.737. The third-order valence-electron chi connectivity index (χ3n) is 5.15. The minimum absolute atomic E-state index is 0.104. The van der Waals surface area contributed by atoms with Gasteiger partial charge in [-0.05, 0) is 39.9 Å². The van der Waals surface area contributed by atoms with E-state index in [2.05, 4.69) is 36.4 Å². The standard InChI is InChI=1S/C28H25ClO2/c29-26-17-15-22(16-18-26)27-14-8-7-13-25(27)21-30-19-20-31-28(23-9-3-1-4-10-23)24-11-5-2-6-12-24/h1-18,28H,19-21H2. The van der Waals surface area contributed by atoms with E-state index in [1.807, 2.05) is 72.8 Å². The van der Waals surface area contributed by atoms with E-state index in [1.54, 1.807) is 0 Å². The number of hydrogen-bond donors (Lipinski definition) is 0. The lowest BCUT2D eigenvalue weighted by atomic mass is 10.0. The first-order valence-corrected chi connectivity index (χ1v) is 10.8. The summed E-state index contributed by atoms with van der Waals surface area (Å²) in [4.78, 5) is 0. The maximum atomic E-state index is 6.24. The lowest BCUT2D eigenvalue weighted by Crippen LogP contribution is -2.11. The zero-order valence-electron chi connectivity index (χ0n) is 17.3. The summed E-state index contributed by atoms with van der Waals surface area (Å²) in [6.07, 6.45) is -0.104. The lowest BCUT2D eigenvalue weighted by Gasteiger charge is -2.19. The van der Waals surface area contributed by atoms with Gasteiger partial charge in [-0.25, -0.2) is 0 Å². The molecule has 0 aliphatic rings. The number of hydrogen-bond acceptors (Lipinski definition) is 2. The van der Waals surface area contributed by atoms with Crippen molar-refractivity contribution in [1.29, 1.82) is 0 Å². The summed E-state index contributed by atoms with van der Waals surface area (Å²) in [6, 6.07) is 36.8. The van der Waals surface area contributed by atoms with Gasteiger partial charge in [0.2, 0.25) is 0 Å². The highest BCUT2D eigenvalue weighted by Gasteiger charge is 2.14. The lowest BCUT2D eigenvalue weighted by molar-refractivity contribution is 0.0146. The fraction of sp³-hybridized carbons (Fsp3) is 0.143. The highest BCUT2D eigenvalue weighted by atomic mass is 35.5. The van der Waals surface area contributed by atoms with Gasteiger partial charge >= 0.3 is 0 Å². The van der Waals surface area contributed by atoms with Crippen LogP contribution in [0.2, 0.25) is 5.02 Å². The summed E-state index contributed by atoms with van der Waals surface area (Å²) in [5.41, 5.74) is 5.72. The van der Waals surface area contributed by atoms with Crippen LogP contribution in [-0.4, -0.2) is 13.2 Å². The second kappa shape index (κ2) is 10.9. The molecular formula is C28H25ClO2. The summed E-state index contributed by atoms with van der Waals surface area (Å²) >= 11 is 6.03. The molecule has 0 saturated heterocycles. The Balaban J connectivity index is 1.36. The summed E-state index contributed by atoms with van der Waals surface area (Å²) in [6.45, 7) is 1.56. The molecule has 4 rings (SSSR count). The highest BCUT2D eigenvalue weighted by Crippen LogP contribution is 2.27. The molecule has 0 atom stereocenters. The highest BCUT2D eigenvalue weighted by molar-refractivity contribution is 6.30. The van der Waals surface area contributed by atoms with E-state index in [9.17, 15) is 0 Å². The molecule has 0 bridgehead atoms. The van der Waals surface area contributed by atoms with Gasteiger partial charge in [0.05, 0.1) is 19.8 Å². The van der Waals surface area contributed by atoms with Crippen LogP contribution in [0.25, 0.3) is 11.1 Å². The molecule has 3 heteroatoms. The SMILES string of the molecule is Clc1ccc(-c2ccccc2COCCOC(c2ccccc2)c2ccccc2)cc1. The van der Waals surface area contributed by atoms with Crippen molar-refractivity contribution in [1.82, 2.24) is 0 Å². The monoisotopic (exact) mass is 428 g/mol. The van der Waals surface area contributed by atoms with Crippen molar-refractivity contribution in [2.75, 3.05) is 13.2 Å². The van der Waals surface area contributed by atoms with Crippen LogP contribution in [0.4, 0.5) is 0 Å². The molecule has 156 valence electrons. The van der Waals surface area contributed by atoms with Gasteiger partial charge in [0.15, 0.2) is 0 Å². The number of rotatable bonds is 9. The summed E-state index contributed by atoms with van der Waals surface area (Å²) in [7, 11) is 0. The number of ether oxygens (including phenoxy) is 2. The molecule has 0 radical (unpaired) electrons. The van der Waals surface area contributed by atoms with Gasteiger partial charge < -0.3 is 9.47 Å². The zero-order valence-corrected chi connectivity index (χ0v) is 18.0. The molecule has 0 amide bonds. The minimum Gasteiger partial charge on any atom is -0.374 e. The van der Waals surface area contributed by atoms with Gasteiger partial charge in [-0.2, -0.15) is 0 Å². The van der Waals surface area contributed by atoms with E-state index in [1.165, 1.54) is 0 Å². The second-order valence-corrected chi connectivity index (χ2v) is 7.73. The smallest absolute Gasteiger partial charge is 0.108 e. The Kier molecular flexibility index (Phi) is 7.51. The number of benzene rings is 4. The molecule has 0 aromatic heterocycles. The third-order valence-corrected chi connectivity index (χ3v) is 5.40. The van der Waals surface area contributed by atoms with Gasteiger partial charge in [0.25, 0.3) is 0 Å². The normalized spacial score (nSPS) is 11.0. The molecule has 0 aliphatic carbocycles. The van der Waals surface area contributed by atoms with Crippen LogP contribution < -0.4 is 0 Å². The molecular weight excluding hydrogens is 404 g/mol. The second-order valence-electron chi connectivity index (χ2n) is 7.29. The fourth-order valence-electron chi connectivity index (χ4n) is 3.60. The third kappa shape index (κ3) is 5.83. The van der Waals surface area contributed by atoms with Crippen LogP contribution >= 0.6 is 11.6 Å². The Hall–Kier alpha value is -2.91. The van der Waals surface area contributed by atoms with E-state index >= 15 is 0 Å². The summed E-state index contributed by atoms with van der Waals surface area (Å²) in [5.74, 6) is 0. The van der Waals surface area contributed by atoms with Crippen LogP contribution in [0.3, 0.4) is 0 Å². The van der Waals surface area contributed by atoms with Gasteiger partial charge in [-0.3, -0.25) is 0 Å². The van der Waals surface area contributed by atoms with Crippen molar-refractivity contribution in [3.05, 3.63) is 131 Å². The Bertz CT molecular complexity index is 1020. The van der Waals surface area contributed by atoms with Crippen LogP contribution in [0, 0.1) is 0 Å². The topological polar surface area (TPSA) is 18.5 Å². The molecule has 0 heterocycles. The Labute approximate surface area is 189 Å². The maximum absolute atomic E-state index is 6.24. The quantitative estimate of drug-likeness (QED) is 0.260. The van der Waals surface area contributed by atoms with Crippen molar-refractivity contribution >= 4 is 11.6 Å². The van der Waals surface area contributed by atoms with Crippen LogP contribution in [0.1, 0.15) is 22.8 Å². The van der Waals surface area contributed by atoms with Gasteiger partial charge in [-0.1, -0.05) is 109 Å². The largest absolute Gasteiger partial charge is 0.374 e. The average Bonchev–Trinajstić information content (AvgIpc) is 2.83. The molecule has 31 heavy (non-hydrogen) atoms.